The first kappa shape index (κ1) is 28.4. The van der Waals surface area contributed by atoms with Crippen LogP contribution in [0.4, 0.5) is 4.79 Å². The maximum absolute atomic E-state index is 12.3. The largest absolute Gasteiger partial charge is 0.444 e. The van der Waals surface area contributed by atoms with Crippen LogP contribution in [0.25, 0.3) is 0 Å². The molecule has 0 aliphatic carbocycles. The Morgan fingerprint density at radius 3 is 2.10 bits per heavy atom. The topological polar surface area (TPSA) is 105 Å². The first-order valence-corrected chi connectivity index (χ1v) is 13.8. The zero-order valence-electron chi connectivity index (χ0n) is 23.6. The molecule has 0 radical (unpaired) electrons. The summed E-state index contributed by atoms with van der Waals surface area (Å²) in [6.07, 6.45) is 2.74. The lowest BCUT2D eigenvalue weighted by atomic mass is 10.00. The summed E-state index contributed by atoms with van der Waals surface area (Å²) in [4.78, 5) is 28.7. The standard InChI is InChI=1S/C31H41N5O3/c1-22-5-7-23(8-6-22)13-14-26-28(29(32)37)27(34-33-26)21-25-11-9-24(10-12-25)15-16-35-17-19-36(20-18-35)30(38)39-31(2,3)4/h5-12H,13-21H2,1-4H3,(H2,32,37)(H,33,34). The molecule has 2 aromatic carbocycles. The van der Waals surface area contributed by atoms with Crippen LogP contribution in [-0.4, -0.2) is 70.3 Å². The van der Waals surface area contributed by atoms with Crippen molar-refractivity contribution >= 4 is 12.0 Å². The van der Waals surface area contributed by atoms with Crippen LogP contribution in [0.2, 0.25) is 0 Å². The van der Waals surface area contributed by atoms with Gasteiger partial charge in [-0.15, -0.1) is 0 Å². The van der Waals surface area contributed by atoms with E-state index in [1.807, 2.05) is 20.8 Å². The van der Waals surface area contributed by atoms with Crippen molar-refractivity contribution in [3.63, 3.8) is 0 Å². The highest BCUT2D eigenvalue weighted by atomic mass is 16.6. The molecule has 8 nitrogen and oxygen atoms in total. The van der Waals surface area contributed by atoms with E-state index in [0.29, 0.717) is 31.5 Å². The minimum Gasteiger partial charge on any atom is -0.444 e. The van der Waals surface area contributed by atoms with Crippen molar-refractivity contribution in [3.05, 3.63) is 87.7 Å². The van der Waals surface area contributed by atoms with Crippen molar-refractivity contribution in [2.45, 2.75) is 59.0 Å². The average Bonchev–Trinajstić information content (AvgIpc) is 3.30. The van der Waals surface area contributed by atoms with E-state index in [0.717, 1.165) is 49.4 Å². The molecule has 3 aromatic rings. The second-order valence-corrected chi connectivity index (χ2v) is 11.4. The van der Waals surface area contributed by atoms with Crippen LogP contribution in [0, 0.1) is 6.92 Å². The molecule has 39 heavy (non-hydrogen) atoms. The van der Waals surface area contributed by atoms with E-state index < -0.39 is 11.5 Å². The minimum absolute atomic E-state index is 0.229. The van der Waals surface area contributed by atoms with E-state index in [2.05, 4.69) is 70.6 Å². The lowest BCUT2D eigenvalue weighted by molar-refractivity contribution is 0.0146. The number of aromatic amines is 1. The van der Waals surface area contributed by atoms with Crippen LogP contribution in [0.1, 0.15) is 64.8 Å². The van der Waals surface area contributed by atoms with Crippen molar-refractivity contribution < 1.29 is 14.3 Å². The summed E-state index contributed by atoms with van der Waals surface area (Å²) in [6.45, 7) is 11.8. The number of ether oxygens (including phenoxy) is 1. The first-order valence-electron chi connectivity index (χ1n) is 13.8. The molecule has 0 spiro atoms. The van der Waals surface area contributed by atoms with Gasteiger partial charge in [-0.3, -0.25) is 14.8 Å². The molecule has 0 unspecified atom stereocenters. The van der Waals surface area contributed by atoms with Crippen LogP contribution in [0.5, 0.6) is 0 Å². The molecule has 1 fully saturated rings. The Balaban J connectivity index is 1.27. The summed E-state index contributed by atoms with van der Waals surface area (Å²) in [5, 5.41) is 7.50. The Bertz CT molecular complexity index is 1250. The first-order chi connectivity index (χ1) is 18.6. The number of H-pyrrole nitrogens is 1. The van der Waals surface area contributed by atoms with Gasteiger partial charge < -0.3 is 15.4 Å². The molecule has 1 aliphatic rings. The summed E-state index contributed by atoms with van der Waals surface area (Å²) in [7, 11) is 0. The highest BCUT2D eigenvalue weighted by Crippen LogP contribution is 2.19. The Morgan fingerprint density at radius 2 is 1.49 bits per heavy atom. The fraction of sp³-hybridized carbons (Fsp3) is 0.452. The molecule has 2 amide bonds. The fourth-order valence-electron chi connectivity index (χ4n) is 4.83. The Kier molecular flexibility index (Phi) is 9.07. The molecule has 3 N–H and O–H groups in total. The summed E-state index contributed by atoms with van der Waals surface area (Å²) in [5.41, 5.74) is 12.1. The van der Waals surface area contributed by atoms with Gasteiger partial charge in [0.25, 0.3) is 5.91 Å². The van der Waals surface area contributed by atoms with Crippen molar-refractivity contribution in [2.24, 2.45) is 5.73 Å². The van der Waals surface area contributed by atoms with Gasteiger partial charge in [0.05, 0.1) is 17.0 Å². The predicted molar refractivity (Wildman–Crippen MR) is 153 cm³/mol. The van der Waals surface area contributed by atoms with E-state index in [1.165, 1.54) is 16.7 Å². The third-order valence-corrected chi connectivity index (χ3v) is 7.08. The molecule has 0 atom stereocenters. The summed E-state index contributed by atoms with van der Waals surface area (Å²) < 4.78 is 5.49. The lowest BCUT2D eigenvalue weighted by Crippen LogP contribution is -2.50. The molecule has 1 aromatic heterocycles. The smallest absolute Gasteiger partial charge is 0.410 e. The number of nitrogens with zero attached hydrogens (tertiary/aromatic N) is 3. The number of amides is 2. The Labute approximate surface area is 231 Å². The third-order valence-electron chi connectivity index (χ3n) is 7.08. The van der Waals surface area contributed by atoms with Crippen molar-refractivity contribution in [2.75, 3.05) is 32.7 Å². The molecular weight excluding hydrogens is 490 g/mol. The number of nitrogens with two attached hydrogens (primary N) is 1. The molecule has 0 saturated carbocycles. The number of piperazine rings is 1. The maximum Gasteiger partial charge on any atom is 0.410 e. The van der Waals surface area contributed by atoms with Gasteiger partial charge >= 0.3 is 6.09 Å². The molecule has 2 heterocycles. The second kappa shape index (κ2) is 12.5. The second-order valence-electron chi connectivity index (χ2n) is 11.4. The SMILES string of the molecule is Cc1ccc(CCc2n[nH]c(Cc3ccc(CCN4CCN(C(=O)OC(C)(C)C)CC4)cc3)c2C(N)=O)cc1. The van der Waals surface area contributed by atoms with Gasteiger partial charge in [-0.05, 0) is 63.6 Å². The van der Waals surface area contributed by atoms with Crippen LogP contribution >= 0.6 is 0 Å². The quantitative estimate of drug-likeness (QED) is 0.429. The van der Waals surface area contributed by atoms with E-state index >= 15 is 0 Å². The number of aromatic nitrogens is 2. The molecule has 208 valence electrons. The zero-order valence-corrected chi connectivity index (χ0v) is 23.6. The van der Waals surface area contributed by atoms with Crippen molar-refractivity contribution in [1.29, 1.82) is 0 Å². The number of nitrogens with one attached hydrogen (secondary N) is 1. The number of carbonyl (C=O) groups is 2. The number of carbonyl (C=O) groups excluding carboxylic acids is 2. The van der Waals surface area contributed by atoms with E-state index in [1.54, 1.807) is 4.90 Å². The van der Waals surface area contributed by atoms with Gasteiger partial charge in [-0.25, -0.2) is 4.79 Å². The highest BCUT2D eigenvalue weighted by Gasteiger charge is 2.25. The number of primary amides is 1. The Hall–Kier alpha value is -3.65. The summed E-state index contributed by atoms with van der Waals surface area (Å²) in [5.74, 6) is -0.443. The molecular formula is C31H41N5O3. The third kappa shape index (κ3) is 8.17. The minimum atomic E-state index is -0.469. The normalized spacial score (nSPS) is 14.4. The van der Waals surface area contributed by atoms with E-state index in [-0.39, 0.29) is 6.09 Å². The van der Waals surface area contributed by atoms with Crippen LogP contribution in [0.15, 0.2) is 48.5 Å². The molecule has 1 saturated heterocycles. The maximum atomic E-state index is 12.3. The summed E-state index contributed by atoms with van der Waals surface area (Å²) >= 11 is 0. The number of rotatable bonds is 9. The van der Waals surface area contributed by atoms with Gasteiger partial charge in [0.15, 0.2) is 0 Å². The van der Waals surface area contributed by atoms with Crippen molar-refractivity contribution in [1.82, 2.24) is 20.0 Å². The van der Waals surface area contributed by atoms with Crippen LogP contribution in [0.3, 0.4) is 0 Å². The number of benzene rings is 2. The summed E-state index contributed by atoms with van der Waals surface area (Å²) in [6, 6.07) is 16.9. The van der Waals surface area contributed by atoms with Crippen LogP contribution in [-0.2, 0) is 30.4 Å². The molecule has 0 bridgehead atoms. The number of hydrogen-bond donors (Lipinski definition) is 2. The monoisotopic (exact) mass is 531 g/mol. The van der Waals surface area contributed by atoms with Gasteiger partial charge in [0, 0.05) is 39.1 Å². The highest BCUT2D eigenvalue weighted by molar-refractivity contribution is 5.95. The average molecular weight is 532 g/mol. The Morgan fingerprint density at radius 1 is 0.897 bits per heavy atom. The van der Waals surface area contributed by atoms with Gasteiger partial charge in [0.2, 0.25) is 0 Å². The van der Waals surface area contributed by atoms with Crippen LogP contribution < -0.4 is 5.73 Å². The lowest BCUT2D eigenvalue weighted by Gasteiger charge is -2.35. The fourth-order valence-corrected chi connectivity index (χ4v) is 4.83. The van der Waals surface area contributed by atoms with Gasteiger partial charge in [-0.2, -0.15) is 5.10 Å². The number of aryl methyl sites for hydroxylation is 3. The zero-order chi connectivity index (χ0) is 28.0. The number of hydrogen-bond acceptors (Lipinski definition) is 5. The van der Waals surface area contributed by atoms with Gasteiger partial charge in [-0.1, -0.05) is 54.1 Å². The predicted octanol–water partition coefficient (Wildman–Crippen LogP) is 4.29. The molecule has 8 heteroatoms. The molecule has 1 aliphatic heterocycles. The van der Waals surface area contributed by atoms with Crippen molar-refractivity contribution in [3.8, 4) is 0 Å². The van der Waals surface area contributed by atoms with E-state index in [4.69, 9.17) is 10.5 Å². The molecule has 4 rings (SSSR count). The van der Waals surface area contributed by atoms with Gasteiger partial charge in [0.1, 0.15) is 5.60 Å². The van der Waals surface area contributed by atoms with E-state index in [9.17, 15) is 9.59 Å².